The molecule has 0 aliphatic carbocycles. The van der Waals surface area contributed by atoms with Crippen LogP contribution in [0.5, 0.6) is 0 Å². The van der Waals surface area contributed by atoms with Crippen LogP contribution >= 0.6 is 31.0 Å². The molecule has 3 saturated heterocycles. The third-order valence-corrected chi connectivity index (χ3v) is 8.41. The number of benzene rings is 2. The van der Waals surface area contributed by atoms with Gasteiger partial charge in [-0.2, -0.15) is 15.0 Å². The molecule has 12 heteroatoms. The van der Waals surface area contributed by atoms with Gasteiger partial charge in [0.15, 0.2) is 0 Å². The molecule has 0 spiro atoms. The first-order chi connectivity index (χ1) is 20.8. The topological polar surface area (TPSA) is 106 Å². The SMILES string of the molecule is CC.CC12CN(Cc3ccc(-n4nccn4)cc3)CCC1(c1ccc3ncc(C4CCC(=O)NC4=O)cc3c1F)O2.SI. The lowest BCUT2D eigenvalue weighted by Crippen LogP contribution is -2.44. The zero-order valence-corrected chi connectivity index (χ0v) is 27.3. The number of hydrogen-bond donors (Lipinski definition) is 2. The lowest BCUT2D eigenvalue weighted by atomic mass is 9.80. The van der Waals surface area contributed by atoms with Crippen molar-refractivity contribution in [1.82, 2.24) is 30.2 Å². The second-order valence-corrected chi connectivity index (χ2v) is 10.9. The van der Waals surface area contributed by atoms with Crippen molar-refractivity contribution in [2.24, 2.45) is 0 Å². The summed E-state index contributed by atoms with van der Waals surface area (Å²) in [5.74, 6) is -1.51. The van der Waals surface area contributed by atoms with Crippen molar-refractivity contribution < 1.29 is 18.7 Å². The van der Waals surface area contributed by atoms with Gasteiger partial charge in [-0.25, -0.2) is 4.39 Å². The van der Waals surface area contributed by atoms with E-state index in [1.165, 1.54) is 5.56 Å². The van der Waals surface area contributed by atoms with Crippen LogP contribution in [0.2, 0.25) is 0 Å². The number of carbonyl (C=O) groups is 2. The van der Waals surface area contributed by atoms with Crippen molar-refractivity contribution in [2.45, 2.75) is 63.7 Å². The molecule has 2 amide bonds. The van der Waals surface area contributed by atoms with Gasteiger partial charge in [0, 0.05) is 43.2 Å². The van der Waals surface area contributed by atoms with Gasteiger partial charge in [-0.05, 0) is 76.4 Å². The molecule has 43 heavy (non-hydrogen) atoms. The molecular weight excluding hydrogens is 682 g/mol. The van der Waals surface area contributed by atoms with Crippen LogP contribution in [-0.4, -0.2) is 55.4 Å². The first kappa shape index (κ1) is 31.5. The van der Waals surface area contributed by atoms with Crippen molar-refractivity contribution in [3.8, 4) is 5.69 Å². The summed E-state index contributed by atoms with van der Waals surface area (Å²) in [4.78, 5) is 32.3. The number of amides is 2. The Balaban J connectivity index is 0.000000885. The van der Waals surface area contributed by atoms with Crippen molar-refractivity contribution >= 4 is 53.7 Å². The summed E-state index contributed by atoms with van der Waals surface area (Å²) in [5.41, 5.74) is 2.56. The van der Waals surface area contributed by atoms with Crippen LogP contribution in [0.3, 0.4) is 0 Å². The number of pyridine rings is 1. The molecule has 3 aliphatic heterocycles. The van der Waals surface area contributed by atoms with Crippen LogP contribution < -0.4 is 5.32 Å². The number of nitrogens with one attached hydrogen (secondary N) is 1. The minimum Gasteiger partial charge on any atom is -0.356 e. The Morgan fingerprint density at radius 2 is 1.84 bits per heavy atom. The Kier molecular flexibility index (Phi) is 9.49. The lowest BCUT2D eigenvalue weighted by molar-refractivity contribution is -0.134. The number of halogens is 2. The summed E-state index contributed by atoms with van der Waals surface area (Å²) >= 11 is 1.84. The number of piperidine rings is 2. The van der Waals surface area contributed by atoms with Gasteiger partial charge in [-0.3, -0.25) is 24.8 Å². The highest BCUT2D eigenvalue weighted by atomic mass is 127. The Bertz CT molecular complexity index is 1620. The van der Waals surface area contributed by atoms with E-state index >= 15 is 4.39 Å². The predicted molar refractivity (Wildman–Crippen MR) is 174 cm³/mol. The van der Waals surface area contributed by atoms with E-state index in [0.29, 0.717) is 41.4 Å². The third-order valence-electron chi connectivity index (χ3n) is 8.41. The average Bonchev–Trinajstić information content (AvgIpc) is 3.33. The summed E-state index contributed by atoms with van der Waals surface area (Å²) in [6, 6.07) is 13.5. The van der Waals surface area contributed by atoms with Crippen molar-refractivity contribution in [1.29, 1.82) is 0 Å². The smallest absolute Gasteiger partial charge is 0.234 e. The van der Waals surface area contributed by atoms with Crippen LogP contribution in [-0.2, 0) is 26.5 Å². The van der Waals surface area contributed by atoms with E-state index in [4.69, 9.17) is 4.74 Å². The maximum absolute atomic E-state index is 16.1. The van der Waals surface area contributed by atoms with Gasteiger partial charge in [-0.15, -0.1) is 9.80 Å². The highest BCUT2D eigenvalue weighted by Crippen LogP contribution is 2.61. The molecule has 5 heterocycles. The number of hydrogen-bond acceptors (Lipinski definition) is 8. The zero-order chi connectivity index (χ0) is 30.8. The minimum absolute atomic E-state index is 0.258. The largest absolute Gasteiger partial charge is 0.356 e. The molecule has 3 atom stereocenters. The fourth-order valence-electron chi connectivity index (χ4n) is 6.30. The molecule has 7 rings (SSSR count). The number of fused-ring (bicyclic) bond motifs is 2. The van der Waals surface area contributed by atoms with E-state index in [2.05, 4.69) is 47.3 Å². The average molecular weight is 717 g/mol. The fourth-order valence-corrected chi connectivity index (χ4v) is 6.30. The normalized spacial score (nSPS) is 24.7. The fraction of sp³-hybridized carbons (Fsp3) is 0.387. The van der Waals surface area contributed by atoms with E-state index in [1.807, 2.05) is 60.2 Å². The predicted octanol–water partition coefficient (Wildman–Crippen LogP) is 5.66. The highest BCUT2D eigenvalue weighted by molar-refractivity contribution is 14.2. The molecule has 1 N–H and O–H groups in total. The molecule has 9 nitrogen and oxygen atoms in total. The number of nitrogens with zero attached hydrogens (tertiary/aromatic N) is 5. The maximum atomic E-state index is 16.1. The van der Waals surface area contributed by atoms with Crippen LogP contribution in [0.15, 0.2) is 61.1 Å². The number of thiol groups is 1. The van der Waals surface area contributed by atoms with Gasteiger partial charge in [0.05, 0.1) is 29.5 Å². The molecule has 3 fully saturated rings. The van der Waals surface area contributed by atoms with Crippen molar-refractivity contribution in [3.05, 3.63) is 83.6 Å². The maximum Gasteiger partial charge on any atom is 0.234 e. The summed E-state index contributed by atoms with van der Waals surface area (Å²) in [7, 11) is 3.50. The number of carbonyl (C=O) groups excluding carboxylic acids is 2. The number of ether oxygens (including phenoxy) is 1. The molecule has 0 radical (unpaired) electrons. The zero-order valence-electron chi connectivity index (χ0n) is 24.3. The van der Waals surface area contributed by atoms with Crippen LogP contribution in [0.1, 0.15) is 62.6 Å². The Morgan fingerprint density at radius 1 is 1.12 bits per heavy atom. The summed E-state index contributed by atoms with van der Waals surface area (Å²) in [5, 5.41) is 11.1. The molecule has 2 aromatic heterocycles. The van der Waals surface area contributed by atoms with E-state index in [9.17, 15) is 9.59 Å². The molecule has 0 saturated carbocycles. The second-order valence-electron chi connectivity index (χ2n) is 10.9. The van der Waals surface area contributed by atoms with Crippen molar-refractivity contribution in [3.63, 3.8) is 0 Å². The first-order valence-electron chi connectivity index (χ1n) is 14.3. The van der Waals surface area contributed by atoms with Crippen molar-refractivity contribution in [2.75, 3.05) is 13.1 Å². The van der Waals surface area contributed by atoms with Gasteiger partial charge < -0.3 is 4.74 Å². The first-order valence-corrected chi connectivity index (χ1v) is 17.6. The van der Waals surface area contributed by atoms with E-state index < -0.39 is 17.1 Å². The number of imide groups is 1. The summed E-state index contributed by atoms with van der Waals surface area (Å²) < 4.78 is 22.5. The monoisotopic (exact) mass is 716 g/mol. The Morgan fingerprint density at radius 3 is 2.51 bits per heavy atom. The number of rotatable bonds is 5. The van der Waals surface area contributed by atoms with Gasteiger partial charge in [0.25, 0.3) is 0 Å². The third kappa shape index (κ3) is 5.94. The van der Waals surface area contributed by atoms with E-state index in [-0.39, 0.29) is 24.1 Å². The van der Waals surface area contributed by atoms with E-state index in [1.54, 1.807) is 35.5 Å². The summed E-state index contributed by atoms with van der Waals surface area (Å²) in [6.07, 6.45) is 6.22. The molecule has 3 unspecified atom stereocenters. The van der Waals surface area contributed by atoms with Gasteiger partial charge in [0.1, 0.15) is 17.0 Å². The van der Waals surface area contributed by atoms with E-state index in [0.717, 1.165) is 18.8 Å². The highest BCUT2D eigenvalue weighted by Gasteiger charge is 2.70. The standard InChI is InChI=1S/C29H27FN6O3.C2H6.HIS/c1-28-17-35(16-18-2-4-20(5-3-18)36-32-11-12-33-36)13-10-29(28,39-28)23-7-8-24-22(26(23)30)14-19(15-31-24)21-6-9-25(37)34-27(21)38;2*1-2/h2-5,7-8,11-12,14-15,21H,6,9-10,13,16-17H2,1H3,(H,34,37,38);1-2H3;2H. The molecule has 226 valence electrons. The Labute approximate surface area is 267 Å². The Hall–Kier alpha value is -2.94. The van der Waals surface area contributed by atoms with Gasteiger partial charge >= 0.3 is 0 Å². The van der Waals surface area contributed by atoms with Gasteiger partial charge in [0.2, 0.25) is 11.8 Å². The molecule has 0 bridgehead atoms. The quantitative estimate of drug-likeness (QED) is 0.119. The number of aromatic nitrogens is 4. The van der Waals surface area contributed by atoms with Crippen LogP contribution in [0.4, 0.5) is 4.39 Å². The molecule has 3 aliphatic rings. The van der Waals surface area contributed by atoms with Crippen LogP contribution in [0, 0.1) is 5.82 Å². The molecular formula is C31H34FIN6O3S. The minimum atomic E-state index is -0.692. The molecule has 2 aromatic carbocycles. The van der Waals surface area contributed by atoms with Gasteiger partial charge in [-0.1, -0.05) is 32.0 Å². The second kappa shape index (κ2) is 13.0. The molecule has 4 aromatic rings. The summed E-state index contributed by atoms with van der Waals surface area (Å²) in [6.45, 7) is 8.26. The number of epoxide rings is 1. The lowest BCUT2D eigenvalue weighted by Gasteiger charge is -2.33. The number of likely N-dealkylation sites (tertiary alicyclic amines) is 1. The van der Waals surface area contributed by atoms with Crippen LogP contribution in [0.25, 0.3) is 16.6 Å².